The van der Waals surface area contributed by atoms with Gasteiger partial charge in [0.15, 0.2) is 0 Å². The third-order valence-electron chi connectivity index (χ3n) is 3.61. The molecule has 2 N–H and O–H groups in total. The van der Waals surface area contributed by atoms with Crippen LogP contribution in [0.5, 0.6) is 0 Å². The maximum atomic E-state index is 12.2. The van der Waals surface area contributed by atoms with Crippen molar-refractivity contribution >= 4 is 27.4 Å². The lowest BCUT2D eigenvalue weighted by Crippen LogP contribution is -2.38. The molecule has 1 heterocycles. The van der Waals surface area contributed by atoms with Crippen LogP contribution in [0.15, 0.2) is 12.1 Å². The average molecular weight is 312 g/mol. The van der Waals surface area contributed by atoms with Crippen molar-refractivity contribution in [3.8, 4) is 0 Å². The molecular formula is C14H20N2O4S. The van der Waals surface area contributed by atoms with Gasteiger partial charge in [-0.3, -0.25) is 4.31 Å². The minimum Gasteiger partial charge on any atom is -0.478 e. The fourth-order valence-corrected chi connectivity index (χ4v) is 4.20. The number of carbonyl (C=O) groups is 1. The van der Waals surface area contributed by atoms with Crippen LogP contribution in [0.3, 0.4) is 0 Å². The summed E-state index contributed by atoms with van der Waals surface area (Å²) in [5.74, 6) is -0.954. The van der Waals surface area contributed by atoms with Crippen LogP contribution in [0.1, 0.15) is 35.7 Å². The van der Waals surface area contributed by atoms with E-state index in [2.05, 4.69) is 5.32 Å². The van der Waals surface area contributed by atoms with Crippen LogP contribution in [0.2, 0.25) is 0 Å². The summed E-state index contributed by atoms with van der Waals surface area (Å²) in [6.45, 7) is 4.75. The Bertz CT molecular complexity index is 655. The van der Waals surface area contributed by atoms with Crippen molar-refractivity contribution < 1.29 is 18.3 Å². The molecule has 0 aliphatic carbocycles. The SMILES string of the molecule is CCNc1cc(C(=O)O)cc(N2CCCCS2(=O)=O)c1C. The van der Waals surface area contributed by atoms with Gasteiger partial charge in [-0.25, -0.2) is 13.2 Å². The van der Waals surface area contributed by atoms with Gasteiger partial charge in [0.05, 0.1) is 17.0 Å². The number of anilines is 2. The van der Waals surface area contributed by atoms with Crippen molar-refractivity contribution in [2.75, 3.05) is 28.5 Å². The van der Waals surface area contributed by atoms with Crippen molar-refractivity contribution in [1.29, 1.82) is 0 Å². The molecule has 0 amide bonds. The van der Waals surface area contributed by atoms with E-state index in [4.69, 9.17) is 0 Å². The zero-order chi connectivity index (χ0) is 15.6. The highest BCUT2D eigenvalue weighted by Crippen LogP contribution is 2.32. The van der Waals surface area contributed by atoms with E-state index in [-0.39, 0.29) is 11.3 Å². The normalized spacial score (nSPS) is 17.5. The van der Waals surface area contributed by atoms with E-state index in [1.54, 1.807) is 6.07 Å². The molecule has 6 nitrogen and oxygen atoms in total. The molecule has 0 aromatic heterocycles. The Kier molecular flexibility index (Phi) is 4.41. The van der Waals surface area contributed by atoms with E-state index in [9.17, 15) is 18.3 Å². The molecule has 2 rings (SSSR count). The van der Waals surface area contributed by atoms with Crippen LogP contribution in [-0.4, -0.2) is 38.3 Å². The summed E-state index contributed by atoms with van der Waals surface area (Å²) < 4.78 is 25.8. The molecule has 116 valence electrons. The van der Waals surface area contributed by atoms with Crippen LogP contribution in [0, 0.1) is 6.92 Å². The van der Waals surface area contributed by atoms with Crippen molar-refractivity contribution in [2.24, 2.45) is 0 Å². The lowest BCUT2D eigenvalue weighted by atomic mass is 10.1. The summed E-state index contributed by atoms with van der Waals surface area (Å²) in [5, 5.41) is 12.3. The maximum Gasteiger partial charge on any atom is 0.335 e. The molecule has 1 fully saturated rings. The third kappa shape index (κ3) is 3.12. The van der Waals surface area contributed by atoms with Crippen LogP contribution in [0.4, 0.5) is 11.4 Å². The molecule has 1 aromatic carbocycles. The molecule has 0 unspecified atom stereocenters. The first-order valence-corrected chi connectivity index (χ1v) is 8.60. The number of benzene rings is 1. The number of hydrogen-bond donors (Lipinski definition) is 2. The number of rotatable bonds is 4. The molecule has 0 saturated carbocycles. The predicted octanol–water partition coefficient (Wildman–Crippen LogP) is 2.06. The second kappa shape index (κ2) is 5.93. The smallest absolute Gasteiger partial charge is 0.335 e. The van der Waals surface area contributed by atoms with Crippen LogP contribution < -0.4 is 9.62 Å². The molecule has 0 spiro atoms. The summed E-state index contributed by atoms with van der Waals surface area (Å²) in [4.78, 5) is 11.3. The fourth-order valence-electron chi connectivity index (χ4n) is 2.51. The summed E-state index contributed by atoms with van der Waals surface area (Å²) in [7, 11) is -3.36. The first-order valence-electron chi connectivity index (χ1n) is 6.99. The Balaban J connectivity index is 2.58. The van der Waals surface area contributed by atoms with Crippen molar-refractivity contribution in [3.63, 3.8) is 0 Å². The van der Waals surface area contributed by atoms with Gasteiger partial charge in [0.1, 0.15) is 0 Å². The van der Waals surface area contributed by atoms with Crippen molar-refractivity contribution in [3.05, 3.63) is 23.3 Å². The number of hydrogen-bond acceptors (Lipinski definition) is 4. The highest BCUT2D eigenvalue weighted by molar-refractivity contribution is 7.92. The highest BCUT2D eigenvalue weighted by Gasteiger charge is 2.28. The minimum atomic E-state index is -3.36. The summed E-state index contributed by atoms with van der Waals surface area (Å²) in [5.41, 5.74) is 1.97. The van der Waals surface area contributed by atoms with Gasteiger partial charge in [-0.2, -0.15) is 0 Å². The van der Waals surface area contributed by atoms with Gasteiger partial charge < -0.3 is 10.4 Å². The number of aromatic carboxylic acids is 1. The molecule has 1 saturated heterocycles. The molecule has 1 aliphatic heterocycles. The standard InChI is InChI=1S/C14H20N2O4S/c1-3-15-12-8-11(14(17)18)9-13(10(12)2)16-6-4-5-7-21(16,19)20/h8-9,15H,3-7H2,1-2H3,(H,17,18). The Hall–Kier alpha value is -1.76. The lowest BCUT2D eigenvalue weighted by molar-refractivity contribution is 0.0697. The number of nitrogens with zero attached hydrogens (tertiary/aromatic N) is 1. The van der Waals surface area contributed by atoms with Crippen molar-refractivity contribution in [2.45, 2.75) is 26.7 Å². The van der Waals surface area contributed by atoms with Crippen LogP contribution in [-0.2, 0) is 10.0 Å². The first kappa shape index (κ1) is 15.6. The second-order valence-corrected chi connectivity index (χ2v) is 7.11. The second-order valence-electron chi connectivity index (χ2n) is 5.10. The molecule has 1 aliphatic rings. The van der Waals surface area contributed by atoms with Gasteiger partial charge >= 0.3 is 5.97 Å². The predicted molar refractivity (Wildman–Crippen MR) is 82.7 cm³/mol. The van der Waals surface area contributed by atoms with Crippen LogP contribution >= 0.6 is 0 Å². The molecule has 0 radical (unpaired) electrons. The van der Waals surface area contributed by atoms with Gasteiger partial charge in [0.25, 0.3) is 0 Å². The van der Waals surface area contributed by atoms with Crippen molar-refractivity contribution in [1.82, 2.24) is 0 Å². The largest absolute Gasteiger partial charge is 0.478 e. The van der Waals surface area contributed by atoms with E-state index in [0.29, 0.717) is 30.9 Å². The molecule has 21 heavy (non-hydrogen) atoms. The Morgan fingerprint density at radius 2 is 2.10 bits per heavy atom. The first-order chi connectivity index (χ1) is 9.86. The Labute approximate surface area is 124 Å². The summed E-state index contributed by atoms with van der Waals surface area (Å²) in [6.07, 6.45) is 1.43. The molecule has 0 bridgehead atoms. The van der Waals surface area contributed by atoms with Gasteiger partial charge in [-0.1, -0.05) is 0 Å². The van der Waals surface area contributed by atoms with E-state index in [0.717, 1.165) is 12.0 Å². The molecular weight excluding hydrogens is 292 g/mol. The average Bonchev–Trinajstić information content (AvgIpc) is 2.41. The quantitative estimate of drug-likeness (QED) is 0.888. The van der Waals surface area contributed by atoms with Gasteiger partial charge in [0.2, 0.25) is 10.0 Å². The number of carboxylic acid groups (broad SMARTS) is 1. The van der Waals surface area contributed by atoms with Gasteiger partial charge in [-0.05, 0) is 44.4 Å². The van der Waals surface area contributed by atoms with E-state index in [1.807, 2.05) is 13.8 Å². The molecule has 7 heteroatoms. The lowest BCUT2D eigenvalue weighted by Gasteiger charge is -2.30. The fraction of sp³-hybridized carbons (Fsp3) is 0.500. The number of sulfonamides is 1. The molecule has 0 atom stereocenters. The zero-order valence-electron chi connectivity index (χ0n) is 12.2. The number of nitrogens with one attached hydrogen (secondary N) is 1. The maximum absolute atomic E-state index is 12.2. The number of carboxylic acids is 1. The van der Waals surface area contributed by atoms with Gasteiger partial charge in [0, 0.05) is 18.8 Å². The van der Waals surface area contributed by atoms with E-state index < -0.39 is 16.0 Å². The van der Waals surface area contributed by atoms with E-state index in [1.165, 1.54) is 10.4 Å². The van der Waals surface area contributed by atoms with E-state index >= 15 is 0 Å². The molecule has 1 aromatic rings. The highest BCUT2D eigenvalue weighted by atomic mass is 32.2. The zero-order valence-corrected chi connectivity index (χ0v) is 13.0. The Morgan fingerprint density at radius 3 is 2.67 bits per heavy atom. The Morgan fingerprint density at radius 1 is 1.38 bits per heavy atom. The summed E-state index contributed by atoms with van der Waals surface area (Å²) >= 11 is 0. The topological polar surface area (TPSA) is 86.7 Å². The summed E-state index contributed by atoms with van der Waals surface area (Å²) in [6, 6.07) is 2.99. The minimum absolute atomic E-state index is 0.0901. The third-order valence-corrected chi connectivity index (χ3v) is 5.47. The monoisotopic (exact) mass is 312 g/mol. The van der Waals surface area contributed by atoms with Gasteiger partial charge in [-0.15, -0.1) is 0 Å². The van der Waals surface area contributed by atoms with Crippen LogP contribution in [0.25, 0.3) is 0 Å².